The Kier molecular flexibility index (Phi) is 6.47. The Hall–Kier alpha value is -3.10. The molecule has 1 saturated carbocycles. The van der Waals surface area contributed by atoms with Gasteiger partial charge in [-0.1, -0.05) is 17.7 Å². The molecule has 39 heavy (non-hydrogen) atoms. The van der Waals surface area contributed by atoms with E-state index in [1.165, 1.54) is 12.8 Å². The number of halogens is 1. The SMILES string of the molecule is Cc1ccc2[nH]ncc2c1-c1c(Cl)cc2c(N3CCCCC3)nc(OC[C@@H]3CCCN3C)nc2c1OC1CC1. The Morgan fingerprint density at radius 2 is 1.85 bits per heavy atom. The lowest BCUT2D eigenvalue weighted by molar-refractivity contribution is 0.188. The summed E-state index contributed by atoms with van der Waals surface area (Å²) in [5, 5.41) is 9.99. The number of rotatable bonds is 7. The molecule has 9 heteroatoms. The molecule has 1 N–H and O–H groups in total. The van der Waals surface area contributed by atoms with Crippen molar-refractivity contribution in [3.8, 4) is 22.9 Å². The van der Waals surface area contributed by atoms with Crippen LogP contribution in [0.2, 0.25) is 5.02 Å². The smallest absolute Gasteiger partial charge is 0.319 e. The maximum atomic E-state index is 7.18. The summed E-state index contributed by atoms with van der Waals surface area (Å²) in [5.74, 6) is 1.61. The van der Waals surface area contributed by atoms with Crippen LogP contribution in [0.25, 0.3) is 32.9 Å². The number of nitrogens with one attached hydrogen (secondary N) is 1. The number of likely N-dealkylation sites (N-methyl/N-ethyl adjacent to an activating group) is 1. The first-order chi connectivity index (χ1) is 19.1. The number of likely N-dealkylation sites (tertiary alicyclic amines) is 1. The highest BCUT2D eigenvalue weighted by Gasteiger charge is 2.31. The van der Waals surface area contributed by atoms with Crippen molar-refractivity contribution in [1.29, 1.82) is 0 Å². The molecule has 2 aromatic carbocycles. The zero-order valence-electron chi connectivity index (χ0n) is 22.7. The Morgan fingerprint density at radius 1 is 1.00 bits per heavy atom. The van der Waals surface area contributed by atoms with Crippen molar-refractivity contribution in [1.82, 2.24) is 25.1 Å². The molecule has 1 aliphatic carbocycles. The first-order valence-electron chi connectivity index (χ1n) is 14.3. The lowest BCUT2D eigenvalue weighted by Gasteiger charge is -2.29. The summed E-state index contributed by atoms with van der Waals surface area (Å²) in [5.41, 5.74) is 4.73. The Bertz CT molecular complexity index is 1530. The topological polar surface area (TPSA) is 79.4 Å². The molecule has 0 unspecified atom stereocenters. The molecular formula is C30H35ClN6O2. The van der Waals surface area contributed by atoms with E-state index in [0.29, 0.717) is 23.7 Å². The van der Waals surface area contributed by atoms with Crippen LogP contribution in [0, 0.1) is 6.92 Å². The molecule has 2 saturated heterocycles. The van der Waals surface area contributed by atoms with Gasteiger partial charge in [0, 0.05) is 41.0 Å². The van der Waals surface area contributed by atoms with Crippen molar-refractivity contribution in [3.63, 3.8) is 0 Å². The lowest BCUT2D eigenvalue weighted by atomic mass is 9.94. The molecule has 0 bridgehead atoms. The zero-order valence-corrected chi connectivity index (χ0v) is 23.4. The molecule has 2 aliphatic heterocycles. The third-order valence-electron chi connectivity index (χ3n) is 8.48. The molecule has 1 atom stereocenters. The average Bonchev–Trinajstić information content (AvgIpc) is 3.47. The van der Waals surface area contributed by atoms with Crippen molar-refractivity contribution in [3.05, 3.63) is 35.0 Å². The van der Waals surface area contributed by atoms with Crippen LogP contribution in [0.5, 0.6) is 11.8 Å². The Balaban J connectivity index is 1.43. The predicted molar refractivity (Wildman–Crippen MR) is 155 cm³/mol. The third kappa shape index (κ3) is 4.67. The van der Waals surface area contributed by atoms with E-state index in [2.05, 4.69) is 46.1 Å². The molecule has 7 rings (SSSR count). The minimum Gasteiger partial charge on any atom is -0.487 e. The fourth-order valence-electron chi connectivity index (χ4n) is 6.10. The van der Waals surface area contributed by atoms with Gasteiger partial charge in [-0.3, -0.25) is 5.10 Å². The number of hydrogen-bond donors (Lipinski definition) is 1. The first kappa shape index (κ1) is 24.9. The number of aromatic amines is 1. The molecule has 8 nitrogen and oxygen atoms in total. The Labute approximate surface area is 233 Å². The minimum absolute atomic E-state index is 0.166. The molecule has 4 aromatic rings. The summed E-state index contributed by atoms with van der Waals surface area (Å²) in [6, 6.07) is 6.98. The van der Waals surface area contributed by atoms with Gasteiger partial charge in [-0.25, -0.2) is 0 Å². The Morgan fingerprint density at radius 3 is 2.62 bits per heavy atom. The van der Waals surface area contributed by atoms with E-state index in [4.69, 9.17) is 31.0 Å². The molecule has 4 heterocycles. The maximum absolute atomic E-state index is 7.18. The van der Waals surface area contributed by atoms with Crippen LogP contribution in [-0.2, 0) is 0 Å². The van der Waals surface area contributed by atoms with Crippen molar-refractivity contribution in [2.24, 2.45) is 0 Å². The van der Waals surface area contributed by atoms with E-state index in [1.807, 2.05) is 12.3 Å². The van der Waals surface area contributed by atoms with E-state index < -0.39 is 0 Å². The fourth-order valence-corrected chi connectivity index (χ4v) is 6.39. The standard InChI is InChI=1S/C30H35ClN6O2/c1-18-8-11-24-22(16-32-35-24)25(18)26-23(31)15-21-27(28(26)39-20-9-10-20)33-30(38-17-19-7-6-12-36(19)2)34-29(21)37-13-4-3-5-14-37/h8,11,15-16,19-20H,3-7,9-10,12-14,17H2,1-2H3,(H,32,35)/t19-/m0/s1. The molecule has 3 fully saturated rings. The largest absolute Gasteiger partial charge is 0.487 e. The highest BCUT2D eigenvalue weighted by atomic mass is 35.5. The number of piperidine rings is 1. The average molecular weight is 547 g/mol. The summed E-state index contributed by atoms with van der Waals surface area (Å²) in [4.78, 5) is 14.8. The lowest BCUT2D eigenvalue weighted by Crippen LogP contribution is -2.32. The summed E-state index contributed by atoms with van der Waals surface area (Å²) in [6.45, 7) is 5.71. The summed E-state index contributed by atoms with van der Waals surface area (Å²) < 4.78 is 13.0. The second kappa shape index (κ2) is 10.1. The second-order valence-corrected chi connectivity index (χ2v) is 11.7. The maximum Gasteiger partial charge on any atom is 0.319 e. The fraction of sp³-hybridized carbons (Fsp3) is 0.500. The second-order valence-electron chi connectivity index (χ2n) is 11.3. The van der Waals surface area contributed by atoms with E-state index in [-0.39, 0.29) is 6.10 Å². The summed E-state index contributed by atoms with van der Waals surface area (Å²) in [7, 11) is 2.16. The molecule has 0 spiro atoms. The molecule has 2 aromatic heterocycles. The summed E-state index contributed by atoms with van der Waals surface area (Å²) in [6.07, 6.45) is 9.96. The van der Waals surface area contributed by atoms with Crippen LogP contribution in [0.4, 0.5) is 5.82 Å². The van der Waals surface area contributed by atoms with Gasteiger partial charge in [-0.05, 0) is 83.2 Å². The van der Waals surface area contributed by atoms with Crippen molar-refractivity contribution in [2.45, 2.75) is 64.0 Å². The van der Waals surface area contributed by atoms with Gasteiger partial charge in [-0.2, -0.15) is 15.1 Å². The van der Waals surface area contributed by atoms with Gasteiger partial charge < -0.3 is 19.3 Å². The predicted octanol–water partition coefficient (Wildman–Crippen LogP) is 6.14. The van der Waals surface area contributed by atoms with Crippen molar-refractivity contribution in [2.75, 3.05) is 38.2 Å². The zero-order chi connectivity index (χ0) is 26.5. The van der Waals surface area contributed by atoms with Crippen LogP contribution in [0.15, 0.2) is 24.4 Å². The van der Waals surface area contributed by atoms with Gasteiger partial charge in [0.2, 0.25) is 0 Å². The van der Waals surface area contributed by atoms with Crippen LogP contribution in [0.1, 0.15) is 50.5 Å². The number of aromatic nitrogens is 4. The van der Waals surface area contributed by atoms with E-state index in [1.54, 1.807) is 0 Å². The molecule has 0 amide bonds. The van der Waals surface area contributed by atoms with Gasteiger partial charge in [0.25, 0.3) is 0 Å². The van der Waals surface area contributed by atoms with Crippen LogP contribution in [-0.4, -0.2) is 70.5 Å². The van der Waals surface area contributed by atoms with E-state index in [0.717, 1.165) is 102 Å². The number of ether oxygens (including phenoxy) is 2. The van der Waals surface area contributed by atoms with Gasteiger partial charge in [0.1, 0.15) is 17.9 Å². The number of benzene rings is 2. The normalized spacial score (nSPS) is 20.3. The molecular weight excluding hydrogens is 512 g/mol. The van der Waals surface area contributed by atoms with Crippen LogP contribution in [0.3, 0.4) is 0 Å². The monoisotopic (exact) mass is 546 g/mol. The number of aryl methyl sites for hydroxylation is 1. The van der Waals surface area contributed by atoms with Gasteiger partial charge >= 0.3 is 6.01 Å². The number of H-pyrrole nitrogens is 1. The van der Waals surface area contributed by atoms with Crippen LogP contribution < -0.4 is 14.4 Å². The minimum atomic E-state index is 0.166. The quantitative estimate of drug-likeness (QED) is 0.298. The van der Waals surface area contributed by atoms with Gasteiger partial charge in [0.15, 0.2) is 5.75 Å². The van der Waals surface area contributed by atoms with E-state index in [9.17, 15) is 0 Å². The molecule has 0 radical (unpaired) electrons. The molecule has 204 valence electrons. The molecule has 3 aliphatic rings. The summed E-state index contributed by atoms with van der Waals surface area (Å²) >= 11 is 7.18. The van der Waals surface area contributed by atoms with Crippen molar-refractivity contribution >= 4 is 39.2 Å². The van der Waals surface area contributed by atoms with Crippen molar-refractivity contribution < 1.29 is 9.47 Å². The van der Waals surface area contributed by atoms with Gasteiger partial charge in [0.05, 0.1) is 22.8 Å². The first-order valence-corrected chi connectivity index (χ1v) is 14.7. The number of anilines is 1. The van der Waals surface area contributed by atoms with E-state index >= 15 is 0 Å². The van der Waals surface area contributed by atoms with Crippen LogP contribution >= 0.6 is 11.6 Å². The number of fused-ring (bicyclic) bond motifs is 2. The van der Waals surface area contributed by atoms with Gasteiger partial charge in [-0.15, -0.1) is 0 Å². The number of nitrogens with zero attached hydrogens (tertiary/aromatic N) is 5. The highest BCUT2D eigenvalue weighted by molar-refractivity contribution is 6.35. The third-order valence-corrected chi connectivity index (χ3v) is 8.78. The highest BCUT2D eigenvalue weighted by Crippen LogP contribution is 2.48. The number of hydrogen-bond acceptors (Lipinski definition) is 7.